The lowest BCUT2D eigenvalue weighted by Gasteiger charge is -2.43. The Bertz CT molecular complexity index is 403. The van der Waals surface area contributed by atoms with Gasteiger partial charge in [-0.1, -0.05) is 27.2 Å². The van der Waals surface area contributed by atoms with Gasteiger partial charge in [0.25, 0.3) is 0 Å². The van der Waals surface area contributed by atoms with Crippen molar-refractivity contribution >= 4 is 11.8 Å². The van der Waals surface area contributed by atoms with Gasteiger partial charge in [0.05, 0.1) is 0 Å². The van der Waals surface area contributed by atoms with E-state index in [9.17, 15) is 9.59 Å². The highest BCUT2D eigenvalue weighted by Gasteiger charge is 2.40. The Morgan fingerprint density at radius 1 is 1.05 bits per heavy atom. The van der Waals surface area contributed by atoms with E-state index in [4.69, 9.17) is 5.73 Å². The number of nitrogens with one attached hydrogen (secondary N) is 2. The molecule has 2 amide bonds. The maximum atomic E-state index is 12.3. The topological polar surface area (TPSA) is 84.2 Å². The van der Waals surface area contributed by atoms with Crippen LogP contribution >= 0.6 is 0 Å². The van der Waals surface area contributed by atoms with Crippen LogP contribution in [0.2, 0.25) is 0 Å². The molecule has 2 atom stereocenters. The standard InChI is InChI=1S/C17H31N3O2/c1-17(2,3)16(22)20-8-7-19-15(21)13-9-11-5-4-6-12(10-13)14(11)18/h11-14H,4-10,18H2,1-3H3,(H,19,21)(H,20,22). The predicted octanol–water partition coefficient (Wildman–Crippen LogP) is 1.42. The number of amides is 2. The number of rotatable bonds is 4. The molecule has 5 heteroatoms. The minimum absolute atomic E-state index is 0.0138. The van der Waals surface area contributed by atoms with Gasteiger partial charge in [-0.05, 0) is 37.5 Å². The van der Waals surface area contributed by atoms with Gasteiger partial charge >= 0.3 is 0 Å². The van der Waals surface area contributed by atoms with Gasteiger partial charge < -0.3 is 16.4 Å². The number of nitrogens with two attached hydrogens (primary N) is 1. The predicted molar refractivity (Wildman–Crippen MR) is 87.0 cm³/mol. The summed E-state index contributed by atoms with van der Waals surface area (Å²) in [5.74, 6) is 1.29. The highest BCUT2D eigenvalue weighted by Crippen LogP contribution is 2.41. The molecule has 0 aromatic rings. The third-order valence-electron chi connectivity index (χ3n) is 5.17. The van der Waals surface area contributed by atoms with Crippen molar-refractivity contribution in [1.29, 1.82) is 0 Å². The second kappa shape index (κ2) is 6.99. The van der Waals surface area contributed by atoms with Crippen LogP contribution in [-0.4, -0.2) is 30.9 Å². The molecule has 0 aliphatic heterocycles. The maximum Gasteiger partial charge on any atom is 0.225 e. The summed E-state index contributed by atoms with van der Waals surface area (Å²) in [6.07, 6.45) is 5.46. The molecule has 2 aliphatic carbocycles. The summed E-state index contributed by atoms with van der Waals surface area (Å²) in [5, 5.41) is 5.82. The van der Waals surface area contributed by atoms with Gasteiger partial charge in [-0.25, -0.2) is 0 Å². The van der Waals surface area contributed by atoms with Crippen LogP contribution < -0.4 is 16.4 Å². The molecule has 2 rings (SSSR count). The first-order chi connectivity index (χ1) is 10.3. The average Bonchev–Trinajstić information content (AvgIpc) is 2.41. The molecule has 2 fully saturated rings. The molecule has 0 spiro atoms. The van der Waals surface area contributed by atoms with Crippen molar-refractivity contribution in [3.8, 4) is 0 Å². The summed E-state index contributed by atoms with van der Waals surface area (Å²) >= 11 is 0. The second-order valence-corrected chi connectivity index (χ2v) is 7.99. The Labute approximate surface area is 133 Å². The van der Waals surface area contributed by atoms with Gasteiger partial charge in [0.15, 0.2) is 0 Å². The number of fused-ring (bicyclic) bond motifs is 2. The third kappa shape index (κ3) is 4.22. The van der Waals surface area contributed by atoms with Crippen LogP contribution in [0.1, 0.15) is 52.9 Å². The van der Waals surface area contributed by atoms with E-state index in [-0.39, 0.29) is 23.1 Å². The zero-order chi connectivity index (χ0) is 16.3. The van der Waals surface area contributed by atoms with E-state index < -0.39 is 0 Å². The van der Waals surface area contributed by atoms with Crippen LogP contribution in [0.15, 0.2) is 0 Å². The highest BCUT2D eigenvalue weighted by atomic mass is 16.2. The van der Waals surface area contributed by atoms with E-state index in [1.165, 1.54) is 19.3 Å². The van der Waals surface area contributed by atoms with Gasteiger partial charge in [-0.15, -0.1) is 0 Å². The van der Waals surface area contributed by atoms with Crippen LogP contribution in [0.25, 0.3) is 0 Å². The van der Waals surface area contributed by atoms with E-state index >= 15 is 0 Å². The number of carbonyl (C=O) groups excluding carboxylic acids is 2. The average molecular weight is 309 g/mol. The molecule has 4 N–H and O–H groups in total. The van der Waals surface area contributed by atoms with Crippen LogP contribution in [0.5, 0.6) is 0 Å². The zero-order valence-electron chi connectivity index (χ0n) is 14.2. The number of carbonyl (C=O) groups is 2. The molecule has 0 saturated heterocycles. The van der Waals surface area contributed by atoms with Crippen molar-refractivity contribution < 1.29 is 9.59 Å². The normalized spacial score (nSPS) is 31.5. The number of hydrogen-bond donors (Lipinski definition) is 3. The highest BCUT2D eigenvalue weighted by molar-refractivity contribution is 5.81. The molecule has 5 nitrogen and oxygen atoms in total. The summed E-state index contributed by atoms with van der Waals surface area (Å²) in [6, 6.07) is 0.295. The van der Waals surface area contributed by atoms with E-state index in [0.29, 0.717) is 31.0 Å². The first-order valence-electron chi connectivity index (χ1n) is 8.60. The minimum Gasteiger partial charge on any atom is -0.354 e. The molecule has 0 aromatic carbocycles. The molecular weight excluding hydrogens is 278 g/mol. The van der Waals surface area contributed by atoms with Crippen molar-refractivity contribution in [1.82, 2.24) is 10.6 Å². The largest absolute Gasteiger partial charge is 0.354 e. The van der Waals surface area contributed by atoms with E-state index in [2.05, 4.69) is 10.6 Å². The van der Waals surface area contributed by atoms with Crippen molar-refractivity contribution in [3.05, 3.63) is 0 Å². The molecule has 0 aromatic heterocycles. The SMILES string of the molecule is CC(C)(C)C(=O)NCCNC(=O)C1CC2CCCC(C1)C2N. The van der Waals surface area contributed by atoms with Gasteiger partial charge in [0.1, 0.15) is 0 Å². The first-order valence-corrected chi connectivity index (χ1v) is 8.60. The molecule has 2 saturated carbocycles. The van der Waals surface area contributed by atoms with Crippen LogP contribution in [0.4, 0.5) is 0 Å². The Morgan fingerprint density at radius 2 is 1.59 bits per heavy atom. The summed E-state index contributed by atoms with van der Waals surface area (Å²) < 4.78 is 0. The van der Waals surface area contributed by atoms with E-state index in [1.54, 1.807) is 0 Å². The van der Waals surface area contributed by atoms with Gasteiger partial charge in [0, 0.05) is 30.5 Å². The Kier molecular flexibility index (Phi) is 5.48. The fraction of sp³-hybridized carbons (Fsp3) is 0.882. The monoisotopic (exact) mass is 309 g/mol. The summed E-state index contributed by atoms with van der Waals surface area (Å²) in [4.78, 5) is 24.1. The summed E-state index contributed by atoms with van der Waals surface area (Å²) in [5.41, 5.74) is 5.88. The quantitative estimate of drug-likeness (QED) is 0.687. The molecule has 2 bridgehead atoms. The van der Waals surface area contributed by atoms with Gasteiger partial charge in [-0.3, -0.25) is 9.59 Å². The smallest absolute Gasteiger partial charge is 0.225 e. The third-order valence-corrected chi connectivity index (χ3v) is 5.17. The minimum atomic E-state index is -0.388. The molecule has 0 radical (unpaired) electrons. The fourth-order valence-electron chi connectivity index (χ4n) is 3.77. The van der Waals surface area contributed by atoms with Gasteiger partial charge in [0.2, 0.25) is 11.8 Å². The summed E-state index contributed by atoms with van der Waals surface area (Å²) in [6.45, 7) is 6.63. The molecule has 126 valence electrons. The molecular formula is C17H31N3O2. The lowest BCUT2D eigenvalue weighted by Crippen LogP contribution is -2.49. The lowest BCUT2D eigenvalue weighted by atomic mass is 9.65. The molecule has 2 unspecified atom stereocenters. The Hall–Kier alpha value is -1.10. The van der Waals surface area contributed by atoms with Crippen molar-refractivity contribution in [2.45, 2.75) is 58.9 Å². The molecule has 22 heavy (non-hydrogen) atoms. The van der Waals surface area contributed by atoms with Crippen molar-refractivity contribution in [2.24, 2.45) is 28.9 Å². The van der Waals surface area contributed by atoms with E-state index in [1.807, 2.05) is 20.8 Å². The van der Waals surface area contributed by atoms with Crippen LogP contribution in [0, 0.1) is 23.2 Å². The second-order valence-electron chi connectivity index (χ2n) is 7.99. The molecule has 2 aliphatic rings. The first kappa shape index (κ1) is 17.3. The summed E-state index contributed by atoms with van der Waals surface area (Å²) in [7, 11) is 0. The zero-order valence-corrected chi connectivity index (χ0v) is 14.2. The Balaban J connectivity index is 1.71. The van der Waals surface area contributed by atoms with Crippen LogP contribution in [0.3, 0.4) is 0 Å². The van der Waals surface area contributed by atoms with Gasteiger partial charge in [-0.2, -0.15) is 0 Å². The number of hydrogen-bond acceptors (Lipinski definition) is 3. The lowest BCUT2D eigenvalue weighted by molar-refractivity contribution is -0.130. The maximum absolute atomic E-state index is 12.3. The Morgan fingerprint density at radius 3 is 2.14 bits per heavy atom. The fourth-order valence-corrected chi connectivity index (χ4v) is 3.77. The van der Waals surface area contributed by atoms with Crippen molar-refractivity contribution in [3.63, 3.8) is 0 Å². The van der Waals surface area contributed by atoms with E-state index in [0.717, 1.165) is 12.8 Å². The molecule has 0 heterocycles. The van der Waals surface area contributed by atoms with Crippen LogP contribution in [-0.2, 0) is 9.59 Å². The van der Waals surface area contributed by atoms with Crippen molar-refractivity contribution in [2.75, 3.05) is 13.1 Å².